The molecule has 1 aliphatic rings. The number of alkyl halides is 3. The first-order valence-corrected chi connectivity index (χ1v) is 5.98. The first-order valence-electron chi connectivity index (χ1n) is 5.98. The first-order chi connectivity index (χ1) is 9.03. The van der Waals surface area contributed by atoms with Crippen molar-refractivity contribution in [2.24, 2.45) is 11.1 Å². The van der Waals surface area contributed by atoms with E-state index in [4.69, 9.17) is 10.5 Å². The topological polar surface area (TPSA) is 102 Å². The molecule has 0 bridgehead atoms. The quantitative estimate of drug-likeness (QED) is 0.691. The van der Waals surface area contributed by atoms with Crippen LogP contribution in [0.2, 0.25) is 0 Å². The number of hydrogen-bond acceptors (Lipinski definition) is 4. The molecule has 6 nitrogen and oxygen atoms in total. The zero-order valence-corrected chi connectivity index (χ0v) is 10.9. The van der Waals surface area contributed by atoms with E-state index in [9.17, 15) is 27.9 Å². The van der Waals surface area contributed by atoms with Gasteiger partial charge in [0.15, 0.2) is 5.54 Å². The minimum absolute atomic E-state index is 0.121. The van der Waals surface area contributed by atoms with Gasteiger partial charge < -0.3 is 20.9 Å². The SMILES string of the molecule is CC(N)(C(=O)NCC1(C(=O)O)CCOCC1)C(F)(F)F. The number of nitrogens with one attached hydrogen (secondary N) is 1. The number of aliphatic carboxylic acids is 1. The Balaban J connectivity index is 2.74. The summed E-state index contributed by atoms with van der Waals surface area (Å²) in [4.78, 5) is 22.8. The molecule has 0 aromatic carbocycles. The molecule has 4 N–H and O–H groups in total. The second-order valence-corrected chi connectivity index (χ2v) is 5.08. The highest BCUT2D eigenvalue weighted by Crippen LogP contribution is 2.31. The monoisotopic (exact) mass is 298 g/mol. The Morgan fingerprint density at radius 2 is 1.85 bits per heavy atom. The standard InChI is InChI=1S/C11H17F3N2O4/c1-9(15,11(12,13)14)7(17)16-6-10(8(18)19)2-4-20-5-3-10/h2-6,15H2,1H3,(H,16,17)(H,18,19). The molecule has 1 unspecified atom stereocenters. The van der Waals surface area contributed by atoms with Crippen molar-refractivity contribution in [1.29, 1.82) is 0 Å². The molecule has 0 aliphatic carbocycles. The number of carbonyl (C=O) groups is 2. The van der Waals surface area contributed by atoms with E-state index in [0.29, 0.717) is 6.92 Å². The Labute approximate surface area is 113 Å². The predicted molar refractivity (Wildman–Crippen MR) is 61.8 cm³/mol. The smallest absolute Gasteiger partial charge is 0.415 e. The van der Waals surface area contributed by atoms with E-state index in [2.05, 4.69) is 0 Å². The lowest BCUT2D eigenvalue weighted by Crippen LogP contribution is -2.62. The van der Waals surface area contributed by atoms with E-state index in [1.165, 1.54) is 0 Å². The van der Waals surface area contributed by atoms with Gasteiger partial charge in [-0.05, 0) is 19.8 Å². The van der Waals surface area contributed by atoms with Crippen LogP contribution < -0.4 is 11.1 Å². The molecule has 20 heavy (non-hydrogen) atoms. The minimum atomic E-state index is -4.91. The number of halogens is 3. The number of carboxylic acids is 1. The van der Waals surface area contributed by atoms with Crippen LogP contribution in [-0.2, 0) is 14.3 Å². The number of carbonyl (C=O) groups excluding carboxylic acids is 1. The van der Waals surface area contributed by atoms with Gasteiger partial charge in [-0.15, -0.1) is 0 Å². The summed E-state index contributed by atoms with van der Waals surface area (Å²) in [6.07, 6.45) is -4.67. The summed E-state index contributed by atoms with van der Waals surface area (Å²) < 4.78 is 42.8. The molecule has 1 fully saturated rings. The van der Waals surface area contributed by atoms with Gasteiger partial charge in [-0.25, -0.2) is 0 Å². The molecule has 1 saturated heterocycles. The number of ether oxygens (including phenoxy) is 1. The summed E-state index contributed by atoms with van der Waals surface area (Å²) >= 11 is 0. The highest BCUT2D eigenvalue weighted by molar-refractivity contribution is 5.87. The van der Waals surface area contributed by atoms with Crippen LogP contribution in [0, 0.1) is 5.41 Å². The van der Waals surface area contributed by atoms with E-state index in [0.717, 1.165) is 0 Å². The summed E-state index contributed by atoms with van der Waals surface area (Å²) in [6, 6.07) is 0. The fourth-order valence-electron chi connectivity index (χ4n) is 1.79. The van der Waals surface area contributed by atoms with Crippen molar-refractivity contribution in [1.82, 2.24) is 5.32 Å². The maximum atomic E-state index is 12.6. The van der Waals surface area contributed by atoms with E-state index >= 15 is 0 Å². The molecule has 1 amide bonds. The summed E-state index contributed by atoms with van der Waals surface area (Å²) in [5.74, 6) is -2.62. The predicted octanol–water partition coefficient (Wildman–Crippen LogP) is 0.264. The van der Waals surface area contributed by atoms with Gasteiger partial charge in [0, 0.05) is 19.8 Å². The molecular formula is C11H17F3N2O4. The summed E-state index contributed by atoms with van der Waals surface area (Å²) in [6.45, 7) is 0.496. The molecule has 1 aliphatic heterocycles. The lowest BCUT2D eigenvalue weighted by molar-refractivity contribution is -0.187. The van der Waals surface area contributed by atoms with Gasteiger partial charge in [0.1, 0.15) is 0 Å². The van der Waals surface area contributed by atoms with Crippen LogP contribution in [0.15, 0.2) is 0 Å². The van der Waals surface area contributed by atoms with Gasteiger partial charge >= 0.3 is 12.1 Å². The molecular weight excluding hydrogens is 281 g/mol. The van der Waals surface area contributed by atoms with Gasteiger partial charge in [0.2, 0.25) is 5.91 Å². The molecule has 1 heterocycles. The van der Waals surface area contributed by atoms with Crippen molar-refractivity contribution in [2.75, 3.05) is 19.8 Å². The third kappa shape index (κ3) is 3.21. The van der Waals surface area contributed by atoms with E-state index in [1.807, 2.05) is 5.32 Å². The summed E-state index contributed by atoms with van der Waals surface area (Å²) in [5.41, 5.74) is 0.595. The van der Waals surface area contributed by atoms with Crippen LogP contribution >= 0.6 is 0 Å². The van der Waals surface area contributed by atoms with Crippen LogP contribution in [0.4, 0.5) is 13.2 Å². The third-order valence-electron chi connectivity index (χ3n) is 3.55. The molecule has 0 spiro atoms. The van der Waals surface area contributed by atoms with Crippen LogP contribution in [0.3, 0.4) is 0 Å². The Hall–Kier alpha value is -1.35. The zero-order valence-electron chi connectivity index (χ0n) is 10.9. The first kappa shape index (κ1) is 16.7. The van der Waals surface area contributed by atoms with Crippen LogP contribution in [-0.4, -0.2) is 48.5 Å². The summed E-state index contributed by atoms with van der Waals surface area (Å²) in [5, 5.41) is 11.2. The largest absolute Gasteiger partial charge is 0.481 e. The van der Waals surface area contributed by atoms with Gasteiger partial charge in [0.25, 0.3) is 0 Å². The number of carboxylic acid groups (broad SMARTS) is 1. The normalized spacial score (nSPS) is 21.9. The minimum Gasteiger partial charge on any atom is -0.481 e. The molecule has 1 atom stereocenters. The highest BCUT2D eigenvalue weighted by Gasteiger charge is 2.54. The second kappa shape index (κ2) is 5.57. The van der Waals surface area contributed by atoms with Crippen molar-refractivity contribution < 1.29 is 32.6 Å². The number of nitrogens with two attached hydrogens (primary N) is 1. The second-order valence-electron chi connectivity index (χ2n) is 5.08. The fraction of sp³-hybridized carbons (Fsp3) is 0.818. The fourth-order valence-corrected chi connectivity index (χ4v) is 1.79. The van der Waals surface area contributed by atoms with Crippen molar-refractivity contribution >= 4 is 11.9 Å². The maximum Gasteiger partial charge on any atom is 0.415 e. The summed E-state index contributed by atoms with van der Waals surface area (Å²) in [7, 11) is 0. The molecule has 0 aromatic heterocycles. The Bertz CT molecular complexity index is 390. The number of amides is 1. The van der Waals surface area contributed by atoms with Gasteiger partial charge in [-0.3, -0.25) is 9.59 Å². The Morgan fingerprint density at radius 1 is 1.35 bits per heavy atom. The Morgan fingerprint density at radius 3 is 2.25 bits per heavy atom. The van der Waals surface area contributed by atoms with E-state index in [-0.39, 0.29) is 26.1 Å². The average molecular weight is 298 g/mol. The number of hydrogen-bond donors (Lipinski definition) is 3. The van der Waals surface area contributed by atoms with Crippen molar-refractivity contribution in [3.63, 3.8) is 0 Å². The van der Waals surface area contributed by atoms with Crippen LogP contribution in [0.5, 0.6) is 0 Å². The third-order valence-corrected chi connectivity index (χ3v) is 3.55. The van der Waals surface area contributed by atoms with E-state index < -0.39 is 35.6 Å². The maximum absolute atomic E-state index is 12.6. The van der Waals surface area contributed by atoms with Crippen LogP contribution in [0.25, 0.3) is 0 Å². The highest BCUT2D eigenvalue weighted by atomic mass is 19.4. The zero-order chi connectivity index (χ0) is 15.6. The molecule has 9 heteroatoms. The lowest BCUT2D eigenvalue weighted by Gasteiger charge is -2.34. The van der Waals surface area contributed by atoms with Crippen molar-refractivity contribution in [2.45, 2.75) is 31.5 Å². The van der Waals surface area contributed by atoms with Crippen LogP contribution in [0.1, 0.15) is 19.8 Å². The average Bonchev–Trinajstić information content (AvgIpc) is 2.35. The van der Waals surface area contributed by atoms with Crippen molar-refractivity contribution in [3.8, 4) is 0 Å². The van der Waals surface area contributed by atoms with E-state index in [1.54, 1.807) is 0 Å². The molecule has 1 rings (SSSR count). The van der Waals surface area contributed by atoms with Crippen molar-refractivity contribution in [3.05, 3.63) is 0 Å². The molecule has 0 aromatic rings. The lowest BCUT2D eigenvalue weighted by atomic mass is 9.80. The molecule has 0 saturated carbocycles. The Kier molecular flexibility index (Phi) is 4.65. The molecule has 0 radical (unpaired) electrons. The molecule has 116 valence electrons. The number of rotatable bonds is 4. The van der Waals surface area contributed by atoms with Gasteiger partial charge in [-0.2, -0.15) is 13.2 Å². The van der Waals surface area contributed by atoms with Gasteiger partial charge in [0.05, 0.1) is 5.41 Å². The van der Waals surface area contributed by atoms with Gasteiger partial charge in [-0.1, -0.05) is 0 Å².